The van der Waals surface area contributed by atoms with Crippen LogP contribution >= 0.6 is 0 Å². The fourth-order valence-corrected chi connectivity index (χ4v) is 2.16. The number of nitrogens with one attached hydrogen (secondary N) is 2. The second kappa shape index (κ2) is 7.21. The molecule has 1 atom stereocenters. The summed E-state index contributed by atoms with van der Waals surface area (Å²) in [5.74, 6) is 0.948. The Balaban J connectivity index is 1.87. The highest BCUT2D eigenvalue weighted by Crippen LogP contribution is 2.15. The van der Waals surface area contributed by atoms with Gasteiger partial charge in [-0.3, -0.25) is 4.79 Å². The maximum Gasteiger partial charge on any atom is 0.234 e. The van der Waals surface area contributed by atoms with Crippen molar-refractivity contribution < 1.29 is 9.53 Å². The van der Waals surface area contributed by atoms with Crippen molar-refractivity contribution in [2.75, 3.05) is 38.2 Å². The van der Waals surface area contributed by atoms with Gasteiger partial charge in [0.15, 0.2) is 0 Å². The standard InChI is InChI=1S/C14H22N4O2/c1-11-10-18(5-6-20-11)13-4-3-12(7-16-13)8-17-14(19)9-15-2/h3-4,7,11,15H,5-6,8-10H2,1-2H3,(H,17,19). The fraction of sp³-hybridized carbons (Fsp3) is 0.571. The Kier molecular flexibility index (Phi) is 5.31. The van der Waals surface area contributed by atoms with Crippen LogP contribution in [0, 0.1) is 0 Å². The van der Waals surface area contributed by atoms with Crippen LogP contribution in [0.3, 0.4) is 0 Å². The second-order valence-corrected chi connectivity index (χ2v) is 4.96. The number of likely N-dealkylation sites (N-methyl/N-ethyl adjacent to an activating group) is 1. The second-order valence-electron chi connectivity index (χ2n) is 4.96. The van der Waals surface area contributed by atoms with E-state index in [0.717, 1.165) is 31.1 Å². The summed E-state index contributed by atoms with van der Waals surface area (Å²) in [5, 5.41) is 5.64. The van der Waals surface area contributed by atoms with E-state index in [1.54, 1.807) is 7.05 Å². The van der Waals surface area contributed by atoms with Gasteiger partial charge in [0.05, 0.1) is 19.3 Å². The lowest BCUT2D eigenvalue weighted by Crippen LogP contribution is -2.41. The summed E-state index contributed by atoms with van der Waals surface area (Å²) in [4.78, 5) is 18.0. The zero-order valence-corrected chi connectivity index (χ0v) is 12.1. The van der Waals surface area contributed by atoms with Crippen molar-refractivity contribution in [1.82, 2.24) is 15.6 Å². The molecule has 1 aromatic rings. The Morgan fingerprint density at radius 2 is 2.40 bits per heavy atom. The van der Waals surface area contributed by atoms with E-state index in [1.165, 1.54) is 0 Å². The molecule has 2 rings (SSSR count). The van der Waals surface area contributed by atoms with Crippen molar-refractivity contribution in [3.63, 3.8) is 0 Å². The third kappa shape index (κ3) is 4.18. The number of carbonyl (C=O) groups excluding carboxylic acids is 1. The molecule has 1 aliphatic rings. The molecule has 2 N–H and O–H groups in total. The van der Waals surface area contributed by atoms with Gasteiger partial charge in [-0.05, 0) is 25.6 Å². The van der Waals surface area contributed by atoms with Gasteiger partial charge in [-0.1, -0.05) is 6.07 Å². The number of hydrogen-bond donors (Lipinski definition) is 2. The first kappa shape index (κ1) is 14.7. The normalized spacial score (nSPS) is 18.9. The minimum Gasteiger partial charge on any atom is -0.375 e. The first-order valence-electron chi connectivity index (χ1n) is 6.92. The lowest BCUT2D eigenvalue weighted by Gasteiger charge is -2.32. The van der Waals surface area contributed by atoms with E-state index in [0.29, 0.717) is 13.1 Å². The van der Waals surface area contributed by atoms with Crippen molar-refractivity contribution in [3.8, 4) is 0 Å². The monoisotopic (exact) mass is 278 g/mol. The van der Waals surface area contributed by atoms with Crippen LogP contribution in [0.1, 0.15) is 12.5 Å². The molecular formula is C14H22N4O2. The van der Waals surface area contributed by atoms with Gasteiger partial charge in [0, 0.05) is 25.8 Å². The van der Waals surface area contributed by atoms with Crippen LogP contribution in [0.5, 0.6) is 0 Å². The predicted octanol–water partition coefficient (Wildman–Crippen LogP) is 0.142. The summed E-state index contributed by atoms with van der Waals surface area (Å²) in [6.45, 7) is 5.38. The molecule has 1 aliphatic heterocycles. The van der Waals surface area contributed by atoms with Crippen LogP contribution in [-0.2, 0) is 16.1 Å². The highest BCUT2D eigenvalue weighted by atomic mass is 16.5. The average molecular weight is 278 g/mol. The van der Waals surface area contributed by atoms with Crippen molar-refractivity contribution in [1.29, 1.82) is 0 Å². The number of hydrogen-bond acceptors (Lipinski definition) is 5. The third-order valence-electron chi connectivity index (χ3n) is 3.20. The van der Waals surface area contributed by atoms with Gasteiger partial charge in [-0.25, -0.2) is 4.98 Å². The van der Waals surface area contributed by atoms with Crippen LogP contribution < -0.4 is 15.5 Å². The summed E-state index contributed by atoms with van der Waals surface area (Å²) in [5.41, 5.74) is 1.000. The van der Waals surface area contributed by atoms with Gasteiger partial charge < -0.3 is 20.3 Å². The molecule has 2 heterocycles. The fourth-order valence-electron chi connectivity index (χ4n) is 2.16. The number of aromatic nitrogens is 1. The van der Waals surface area contributed by atoms with Gasteiger partial charge in [-0.15, -0.1) is 0 Å². The van der Waals surface area contributed by atoms with Crippen molar-refractivity contribution in [2.45, 2.75) is 19.6 Å². The quantitative estimate of drug-likeness (QED) is 0.802. The summed E-state index contributed by atoms with van der Waals surface area (Å²) in [6, 6.07) is 4.00. The molecule has 20 heavy (non-hydrogen) atoms. The molecule has 1 fully saturated rings. The molecule has 6 nitrogen and oxygen atoms in total. The summed E-state index contributed by atoms with van der Waals surface area (Å²) < 4.78 is 5.52. The van der Waals surface area contributed by atoms with E-state index in [9.17, 15) is 4.79 Å². The topological polar surface area (TPSA) is 66.5 Å². The molecule has 0 radical (unpaired) electrons. The minimum atomic E-state index is -0.0152. The molecule has 0 bridgehead atoms. The van der Waals surface area contributed by atoms with E-state index in [-0.39, 0.29) is 12.0 Å². The van der Waals surface area contributed by atoms with Crippen molar-refractivity contribution in [3.05, 3.63) is 23.9 Å². The number of anilines is 1. The molecule has 1 unspecified atom stereocenters. The zero-order valence-electron chi connectivity index (χ0n) is 12.1. The van der Waals surface area contributed by atoms with Gasteiger partial charge in [0.2, 0.25) is 5.91 Å². The minimum absolute atomic E-state index is 0.0152. The van der Waals surface area contributed by atoms with Crippen LogP contribution in [0.25, 0.3) is 0 Å². The zero-order chi connectivity index (χ0) is 14.4. The molecule has 0 spiro atoms. The molecular weight excluding hydrogens is 256 g/mol. The van der Waals surface area contributed by atoms with Crippen LogP contribution in [-0.4, -0.2) is 50.3 Å². The number of amides is 1. The number of pyridine rings is 1. The number of nitrogens with zero attached hydrogens (tertiary/aromatic N) is 2. The van der Waals surface area contributed by atoms with Gasteiger partial charge in [0.25, 0.3) is 0 Å². The molecule has 1 aromatic heterocycles. The first-order valence-corrected chi connectivity index (χ1v) is 6.92. The Bertz CT molecular complexity index is 435. The maximum atomic E-state index is 11.4. The Hall–Kier alpha value is -1.66. The van der Waals surface area contributed by atoms with E-state index < -0.39 is 0 Å². The Morgan fingerprint density at radius 1 is 1.55 bits per heavy atom. The predicted molar refractivity (Wildman–Crippen MR) is 77.6 cm³/mol. The molecule has 1 amide bonds. The molecule has 1 saturated heterocycles. The molecule has 110 valence electrons. The maximum absolute atomic E-state index is 11.4. The van der Waals surface area contributed by atoms with Crippen LogP contribution in [0.15, 0.2) is 18.3 Å². The SMILES string of the molecule is CNCC(=O)NCc1ccc(N2CCOC(C)C2)nc1. The van der Waals surface area contributed by atoms with E-state index in [4.69, 9.17) is 4.74 Å². The first-order chi connectivity index (χ1) is 9.69. The van der Waals surface area contributed by atoms with Gasteiger partial charge in [0.1, 0.15) is 5.82 Å². The molecule has 0 saturated carbocycles. The van der Waals surface area contributed by atoms with Crippen molar-refractivity contribution >= 4 is 11.7 Å². The summed E-state index contributed by atoms with van der Waals surface area (Å²) >= 11 is 0. The highest BCUT2D eigenvalue weighted by molar-refractivity contribution is 5.77. The highest BCUT2D eigenvalue weighted by Gasteiger charge is 2.17. The number of carbonyl (C=O) groups is 1. The molecule has 0 aliphatic carbocycles. The van der Waals surface area contributed by atoms with Crippen LogP contribution in [0.4, 0.5) is 5.82 Å². The lowest BCUT2D eigenvalue weighted by molar-refractivity contribution is -0.120. The third-order valence-corrected chi connectivity index (χ3v) is 3.20. The number of morpholine rings is 1. The average Bonchev–Trinajstić information content (AvgIpc) is 2.46. The van der Waals surface area contributed by atoms with Gasteiger partial charge in [-0.2, -0.15) is 0 Å². The Labute approximate surface area is 119 Å². The summed E-state index contributed by atoms with van der Waals surface area (Å²) in [6.07, 6.45) is 2.06. The number of ether oxygens (including phenoxy) is 1. The largest absolute Gasteiger partial charge is 0.375 e. The number of rotatable bonds is 5. The molecule has 6 heteroatoms. The van der Waals surface area contributed by atoms with E-state index in [1.807, 2.05) is 18.3 Å². The lowest BCUT2D eigenvalue weighted by atomic mass is 10.2. The van der Waals surface area contributed by atoms with E-state index >= 15 is 0 Å². The van der Waals surface area contributed by atoms with E-state index in [2.05, 4.69) is 27.4 Å². The van der Waals surface area contributed by atoms with Gasteiger partial charge >= 0.3 is 0 Å². The molecule has 0 aromatic carbocycles. The van der Waals surface area contributed by atoms with Crippen molar-refractivity contribution in [2.24, 2.45) is 0 Å². The smallest absolute Gasteiger partial charge is 0.234 e. The van der Waals surface area contributed by atoms with Crippen LogP contribution in [0.2, 0.25) is 0 Å². The Morgan fingerprint density at radius 3 is 3.05 bits per heavy atom. The summed E-state index contributed by atoms with van der Waals surface area (Å²) in [7, 11) is 1.75.